The Labute approximate surface area is 131 Å². The van der Waals surface area contributed by atoms with Crippen LogP contribution in [0.25, 0.3) is 10.4 Å². The average Bonchev–Trinajstić information content (AvgIpc) is 2.96. The second-order valence-electron chi connectivity index (χ2n) is 4.51. The van der Waals surface area contributed by atoms with Gasteiger partial charge in [0, 0.05) is 11.8 Å². The van der Waals surface area contributed by atoms with Crippen molar-refractivity contribution in [2.24, 2.45) is 5.10 Å². The van der Waals surface area contributed by atoms with Gasteiger partial charge in [0.2, 0.25) is 5.13 Å². The number of rotatable bonds is 4. The van der Waals surface area contributed by atoms with Crippen LogP contribution in [-0.4, -0.2) is 21.4 Å². The molecule has 3 rings (SSSR count). The summed E-state index contributed by atoms with van der Waals surface area (Å²) in [6, 6.07) is 13.9. The van der Waals surface area contributed by atoms with E-state index < -0.39 is 0 Å². The highest BCUT2D eigenvalue weighted by Gasteiger charge is 2.07. The van der Waals surface area contributed by atoms with Gasteiger partial charge >= 0.3 is 0 Å². The molecule has 0 fully saturated rings. The third-order valence-electron chi connectivity index (χ3n) is 2.92. The van der Waals surface area contributed by atoms with Crippen molar-refractivity contribution in [3.63, 3.8) is 0 Å². The molecule has 0 aliphatic rings. The molecule has 0 bridgehead atoms. The van der Waals surface area contributed by atoms with Crippen LogP contribution in [0.15, 0.2) is 59.8 Å². The predicted octanol–water partition coefficient (Wildman–Crippen LogP) is 3.67. The van der Waals surface area contributed by atoms with Crippen LogP contribution in [0.5, 0.6) is 11.5 Å². The van der Waals surface area contributed by atoms with E-state index in [0.717, 1.165) is 16.0 Å². The summed E-state index contributed by atoms with van der Waals surface area (Å²) < 4.78 is 0. The molecule has 3 N–H and O–H groups in total. The van der Waals surface area contributed by atoms with Crippen LogP contribution in [-0.2, 0) is 0 Å². The van der Waals surface area contributed by atoms with Crippen LogP contribution in [0.1, 0.15) is 5.56 Å². The molecule has 0 atom stereocenters. The molecule has 1 aromatic heterocycles. The van der Waals surface area contributed by atoms with E-state index in [9.17, 15) is 10.2 Å². The normalized spacial score (nSPS) is 10.9. The van der Waals surface area contributed by atoms with Crippen molar-refractivity contribution in [3.8, 4) is 21.9 Å². The molecule has 2 aromatic carbocycles. The van der Waals surface area contributed by atoms with Crippen molar-refractivity contribution in [2.75, 3.05) is 5.43 Å². The Balaban J connectivity index is 1.71. The van der Waals surface area contributed by atoms with E-state index in [1.54, 1.807) is 42.7 Å². The third kappa shape index (κ3) is 3.24. The van der Waals surface area contributed by atoms with E-state index in [-0.39, 0.29) is 11.5 Å². The summed E-state index contributed by atoms with van der Waals surface area (Å²) in [5.74, 6) is 0.418. The third-order valence-corrected chi connectivity index (χ3v) is 3.85. The first-order valence-electron chi connectivity index (χ1n) is 6.55. The van der Waals surface area contributed by atoms with Gasteiger partial charge in [0.15, 0.2) is 0 Å². The number of hydrogen-bond donors (Lipinski definition) is 3. The van der Waals surface area contributed by atoms with E-state index in [1.165, 1.54) is 11.3 Å². The summed E-state index contributed by atoms with van der Waals surface area (Å²) >= 11 is 1.39. The van der Waals surface area contributed by atoms with Gasteiger partial charge in [-0.25, -0.2) is 4.98 Å². The van der Waals surface area contributed by atoms with E-state index >= 15 is 0 Å². The molecule has 110 valence electrons. The number of nitrogens with zero attached hydrogens (tertiary/aromatic N) is 2. The van der Waals surface area contributed by atoms with Gasteiger partial charge in [-0.1, -0.05) is 35.6 Å². The molecule has 0 amide bonds. The average molecular weight is 311 g/mol. The van der Waals surface area contributed by atoms with Crippen molar-refractivity contribution < 1.29 is 10.2 Å². The minimum atomic E-state index is 0.194. The lowest BCUT2D eigenvalue weighted by Gasteiger charge is -1.99. The number of hydrazone groups is 1. The van der Waals surface area contributed by atoms with Crippen LogP contribution in [0.4, 0.5) is 5.13 Å². The smallest absolute Gasteiger partial charge is 0.203 e. The SMILES string of the molecule is Oc1cccc(/C=N\Nc2ncc(-c3ccccc3O)s2)c1. The molecule has 0 saturated heterocycles. The first-order chi connectivity index (χ1) is 10.7. The summed E-state index contributed by atoms with van der Waals surface area (Å²) in [6.07, 6.45) is 3.28. The zero-order valence-corrected chi connectivity index (χ0v) is 12.3. The van der Waals surface area contributed by atoms with Crippen LogP contribution >= 0.6 is 11.3 Å². The van der Waals surface area contributed by atoms with E-state index in [1.807, 2.05) is 18.2 Å². The molecule has 22 heavy (non-hydrogen) atoms. The highest BCUT2D eigenvalue weighted by atomic mass is 32.1. The quantitative estimate of drug-likeness (QED) is 0.507. The minimum Gasteiger partial charge on any atom is -0.508 e. The van der Waals surface area contributed by atoms with Gasteiger partial charge < -0.3 is 10.2 Å². The Morgan fingerprint density at radius 1 is 1.09 bits per heavy atom. The van der Waals surface area contributed by atoms with Crippen LogP contribution in [0.2, 0.25) is 0 Å². The van der Waals surface area contributed by atoms with Gasteiger partial charge in [0.25, 0.3) is 0 Å². The number of phenolic OH excluding ortho intramolecular Hbond substituents is 2. The Kier molecular flexibility index (Phi) is 4.02. The Bertz CT molecular complexity index is 814. The zero-order chi connectivity index (χ0) is 15.4. The number of thiazole rings is 1. The minimum absolute atomic E-state index is 0.194. The lowest BCUT2D eigenvalue weighted by Crippen LogP contribution is -1.89. The van der Waals surface area contributed by atoms with E-state index in [4.69, 9.17) is 0 Å². The molecule has 0 saturated carbocycles. The fourth-order valence-corrected chi connectivity index (χ4v) is 2.70. The standard InChI is InChI=1S/C16H13N3O2S/c20-12-5-3-4-11(8-12)9-18-19-16-17-10-15(22-16)13-6-1-2-7-14(13)21/h1-10,20-21H,(H,17,19)/b18-9-. The second-order valence-corrected chi connectivity index (χ2v) is 5.54. The van der Waals surface area contributed by atoms with Gasteiger partial charge in [-0.2, -0.15) is 5.10 Å². The van der Waals surface area contributed by atoms with E-state index in [0.29, 0.717) is 5.13 Å². The molecule has 6 heteroatoms. The molecule has 0 aliphatic carbocycles. The highest BCUT2D eigenvalue weighted by molar-refractivity contribution is 7.18. The maximum absolute atomic E-state index is 9.83. The summed E-state index contributed by atoms with van der Waals surface area (Å²) in [5.41, 5.74) is 4.36. The van der Waals surface area contributed by atoms with Crippen molar-refractivity contribution in [1.29, 1.82) is 0 Å². The number of anilines is 1. The molecule has 0 radical (unpaired) electrons. The number of aromatic hydroxyl groups is 2. The molecular weight excluding hydrogens is 298 g/mol. The van der Waals surface area contributed by atoms with Gasteiger partial charge in [-0.3, -0.25) is 5.43 Å². The lowest BCUT2D eigenvalue weighted by atomic mass is 10.2. The number of benzene rings is 2. The number of hydrogen-bond acceptors (Lipinski definition) is 6. The molecule has 0 aliphatic heterocycles. The number of para-hydroxylation sites is 1. The topological polar surface area (TPSA) is 77.7 Å². The Hall–Kier alpha value is -2.86. The van der Waals surface area contributed by atoms with Gasteiger partial charge in [-0.15, -0.1) is 0 Å². The van der Waals surface area contributed by atoms with Crippen molar-refractivity contribution in [1.82, 2.24) is 4.98 Å². The molecule has 3 aromatic rings. The first kappa shape index (κ1) is 14.1. The summed E-state index contributed by atoms with van der Waals surface area (Å²) in [5, 5.41) is 23.9. The van der Waals surface area contributed by atoms with Gasteiger partial charge in [-0.05, 0) is 29.8 Å². The maximum Gasteiger partial charge on any atom is 0.203 e. The fourth-order valence-electron chi connectivity index (χ4n) is 1.90. The van der Waals surface area contributed by atoms with Crippen molar-refractivity contribution >= 4 is 22.7 Å². The summed E-state index contributed by atoms with van der Waals surface area (Å²) in [7, 11) is 0. The lowest BCUT2D eigenvalue weighted by molar-refractivity contribution is 0.475. The van der Waals surface area contributed by atoms with Crippen molar-refractivity contribution in [3.05, 3.63) is 60.3 Å². The fraction of sp³-hybridized carbons (Fsp3) is 0. The first-order valence-corrected chi connectivity index (χ1v) is 7.36. The van der Waals surface area contributed by atoms with Crippen molar-refractivity contribution in [2.45, 2.75) is 0 Å². The Morgan fingerprint density at radius 3 is 2.77 bits per heavy atom. The Morgan fingerprint density at radius 2 is 1.95 bits per heavy atom. The monoisotopic (exact) mass is 311 g/mol. The van der Waals surface area contributed by atoms with Crippen LogP contribution in [0.3, 0.4) is 0 Å². The summed E-state index contributed by atoms with van der Waals surface area (Å²) in [6.45, 7) is 0. The highest BCUT2D eigenvalue weighted by Crippen LogP contribution is 2.34. The number of phenols is 2. The molecule has 1 heterocycles. The molecule has 0 unspecified atom stereocenters. The number of aromatic nitrogens is 1. The van der Waals surface area contributed by atoms with Crippen LogP contribution < -0.4 is 5.43 Å². The molecular formula is C16H13N3O2S. The van der Waals surface area contributed by atoms with Gasteiger partial charge in [0.05, 0.1) is 11.1 Å². The largest absolute Gasteiger partial charge is 0.508 e. The van der Waals surface area contributed by atoms with Gasteiger partial charge in [0.1, 0.15) is 11.5 Å². The number of nitrogens with one attached hydrogen (secondary N) is 1. The zero-order valence-electron chi connectivity index (χ0n) is 11.5. The van der Waals surface area contributed by atoms with E-state index in [2.05, 4.69) is 15.5 Å². The molecule has 0 spiro atoms. The summed E-state index contributed by atoms with van der Waals surface area (Å²) in [4.78, 5) is 5.07. The molecule has 5 nitrogen and oxygen atoms in total. The maximum atomic E-state index is 9.83. The van der Waals surface area contributed by atoms with Crippen LogP contribution in [0, 0.1) is 0 Å². The second kappa shape index (κ2) is 6.28. The predicted molar refractivity (Wildman–Crippen MR) is 88.5 cm³/mol.